The molecule has 0 saturated carbocycles. The third-order valence-electron chi connectivity index (χ3n) is 2.04. The van der Waals surface area contributed by atoms with Crippen molar-refractivity contribution in [1.82, 2.24) is 9.97 Å². The van der Waals surface area contributed by atoms with Crippen LogP contribution in [-0.2, 0) is 4.74 Å². The topological polar surface area (TPSA) is 52.1 Å². The highest BCUT2D eigenvalue weighted by Crippen LogP contribution is 2.23. The first-order valence-corrected chi connectivity index (χ1v) is 5.08. The van der Waals surface area contributed by atoms with Crippen molar-refractivity contribution in [3.63, 3.8) is 0 Å². The van der Waals surface area contributed by atoms with Gasteiger partial charge in [0, 0.05) is 5.39 Å². The predicted octanol–water partition coefficient (Wildman–Crippen LogP) is 2.72. The standard InChI is InChI=1S/C10H6Cl2N2O2/c1-16-9(15)5-2-3-7-6(4-5)8(11)14-10(12)13-7/h2-4H,1H3. The molecule has 0 radical (unpaired) electrons. The normalized spacial score (nSPS) is 10.4. The number of rotatable bonds is 1. The molecule has 1 heterocycles. The molecular weight excluding hydrogens is 251 g/mol. The number of halogens is 2. The summed E-state index contributed by atoms with van der Waals surface area (Å²) in [6.45, 7) is 0. The molecular formula is C10H6Cl2N2O2. The summed E-state index contributed by atoms with van der Waals surface area (Å²) < 4.78 is 4.60. The van der Waals surface area contributed by atoms with Crippen LogP contribution in [0.4, 0.5) is 0 Å². The van der Waals surface area contributed by atoms with Crippen LogP contribution in [-0.4, -0.2) is 23.0 Å². The predicted molar refractivity (Wildman–Crippen MR) is 60.9 cm³/mol. The van der Waals surface area contributed by atoms with Crippen LogP contribution in [0.1, 0.15) is 10.4 Å². The zero-order valence-electron chi connectivity index (χ0n) is 8.20. The quantitative estimate of drug-likeness (QED) is 0.447. The molecule has 82 valence electrons. The van der Waals surface area contributed by atoms with E-state index in [1.807, 2.05) is 0 Å². The van der Waals surface area contributed by atoms with E-state index in [-0.39, 0.29) is 10.4 Å². The third kappa shape index (κ3) is 1.94. The second kappa shape index (κ2) is 4.23. The summed E-state index contributed by atoms with van der Waals surface area (Å²) in [5, 5.41) is 0.845. The summed E-state index contributed by atoms with van der Waals surface area (Å²) >= 11 is 11.5. The van der Waals surface area contributed by atoms with E-state index >= 15 is 0 Å². The van der Waals surface area contributed by atoms with Gasteiger partial charge in [-0.05, 0) is 29.8 Å². The van der Waals surface area contributed by atoms with Gasteiger partial charge < -0.3 is 4.74 Å². The fourth-order valence-electron chi connectivity index (χ4n) is 1.31. The van der Waals surface area contributed by atoms with Gasteiger partial charge in [0.2, 0.25) is 5.28 Å². The summed E-state index contributed by atoms with van der Waals surface area (Å²) in [5.41, 5.74) is 0.973. The van der Waals surface area contributed by atoms with Crippen LogP contribution in [0.2, 0.25) is 10.4 Å². The molecule has 0 aliphatic carbocycles. The number of nitrogens with zero attached hydrogens (tertiary/aromatic N) is 2. The summed E-state index contributed by atoms with van der Waals surface area (Å²) in [4.78, 5) is 19.1. The Morgan fingerprint density at radius 2 is 2.06 bits per heavy atom. The van der Waals surface area contributed by atoms with Crippen molar-refractivity contribution in [2.24, 2.45) is 0 Å². The van der Waals surface area contributed by atoms with Gasteiger partial charge in [-0.2, -0.15) is 0 Å². The highest BCUT2D eigenvalue weighted by atomic mass is 35.5. The number of methoxy groups -OCH3 is 1. The molecule has 1 aromatic heterocycles. The number of benzene rings is 1. The van der Waals surface area contributed by atoms with Crippen LogP contribution < -0.4 is 0 Å². The van der Waals surface area contributed by atoms with E-state index < -0.39 is 5.97 Å². The maximum atomic E-state index is 11.3. The maximum absolute atomic E-state index is 11.3. The Bertz CT molecular complexity index is 572. The van der Waals surface area contributed by atoms with E-state index in [2.05, 4.69) is 14.7 Å². The van der Waals surface area contributed by atoms with Crippen molar-refractivity contribution in [2.75, 3.05) is 7.11 Å². The molecule has 16 heavy (non-hydrogen) atoms. The van der Waals surface area contributed by atoms with E-state index in [1.54, 1.807) is 18.2 Å². The van der Waals surface area contributed by atoms with Gasteiger partial charge in [0.15, 0.2) is 0 Å². The monoisotopic (exact) mass is 256 g/mol. The van der Waals surface area contributed by atoms with Crippen molar-refractivity contribution in [3.8, 4) is 0 Å². The van der Waals surface area contributed by atoms with E-state index in [0.29, 0.717) is 16.5 Å². The average Bonchev–Trinajstić information content (AvgIpc) is 2.27. The van der Waals surface area contributed by atoms with Gasteiger partial charge in [-0.3, -0.25) is 0 Å². The Morgan fingerprint density at radius 3 is 2.75 bits per heavy atom. The third-order valence-corrected chi connectivity index (χ3v) is 2.50. The lowest BCUT2D eigenvalue weighted by molar-refractivity contribution is 0.0601. The average molecular weight is 257 g/mol. The molecule has 1 aromatic carbocycles. The molecule has 0 bridgehead atoms. The minimum Gasteiger partial charge on any atom is -0.465 e. The minimum atomic E-state index is -0.437. The molecule has 0 saturated heterocycles. The molecule has 0 N–H and O–H groups in total. The van der Waals surface area contributed by atoms with Gasteiger partial charge in [-0.1, -0.05) is 11.6 Å². The highest BCUT2D eigenvalue weighted by Gasteiger charge is 2.10. The summed E-state index contributed by atoms with van der Waals surface area (Å²) in [6, 6.07) is 4.80. The zero-order chi connectivity index (χ0) is 11.7. The van der Waals surface area contributed by atoms with E-state index in [9.17, 15) is 4.79 Å². The number of aromatic nitrogens is 2. The Kier molecular flexibility index (Phi) is 2.94. The Hall–Kier alpha value is -1.39. The van der Waals surface area contributed by atoms with Crippen LogP contribution in [0.25, 0.3) is 10.9 Å². The molecule has 0 spiro atoms. The van der Waals surface area contributed by atoms with Crippen molar-refractivity contribution >= 4 is 40.1 Å². The summed E-state index contributed by atoms with van der Waals surface area (Å²) in [7, 11) is 1.31. The van der Waals surface area contributed by atoms with Crippen LogP contribution in [0.5, 0.6) is 0 Å². The maximum Gasteiger partial charge on any atom is 0.337 e. The SMILES string of the molecule is COC(=O)c1ccc2nc(Cl)nc(Cl)c2c1. The fraction of sp³-hybridized carbons (Fsp3) is 0.100. The number of ether oxygens (including phenoxy) is 1. The Labute approximate surface area is 101 Å². The number of fused-ring (bicyclic) bond motifs is 1. The van der Waals surface area contributed by atoms with Gasteiger partial charge in [0.25, 0.3) is 0 Å². The minimum absolute atomic E-state index is 0.0725. The lowest BCUT2D eigenvalue weighted by Crippen LogP contribution is -2.01. The molecule has 6 heteroatoms. The first-order chi connectivity index (χ1) is 7.61. The molecule has 2 rings (SSSR count). The number of hydrogen-bond acceptors (Lipinski definition) is 4. The van der Waals surface area contributed by atoms with Crippen LogP contribution in [0.3, 0.4) is 0 Å². The number of carbonyl (C=O) groups excluding carboxylic acids is 1. The van der Waals surface area contributed by atoms with Gasteiger partial charge in [0.1, 0.15) is 5.15 Å². The zero-order valence-corrected chi connectivity index (χ0v) is 9.71. The first kappa shape index (κ1) is 11.1. The van der Waals surface area contributed by atoms with Crippen LogP contribution >= 0.6 is 23.2 Å². The van der Waals surface area contributed by atoms with Gasteiger partial charge in [-0.15, -0.1) is 0 Å². The number of hydrogen-bond donors (Lipinski definition) is 0. The first-order valence-electron chi connectivity index (χ1n) is 4.33. The van der Waals surface area contributed by atoms with Crippen molar-refractivity contribution in [3.05, 3.63) is 34.2 Å². The smallest absolute Gasteiger partial charge is 0.337 e. The molecule has 0 aliphatic heterocycles. The molecule has 0 unspecified atom stereocenters. The lowest BCUT2D eigenvalue weighted by Gasteiger charge is -2.03. The van der Waals surface area contributed by atoms with E-state index in [4.69, 9.17) is 23.2 Å². The van der Waals surface area contributed by atoms with Crippen LogP contribution in [0.15, 0.2) is 18.2 Å². The van der Waals surface area contributed by atoms with Gasteiger partial charge in [0.05, 0.1) is 18.2 Å². The van der Waals surface area contributed by atoms with Crippen molar-refractivity contribution in [1.29, 1.82) is 0 Å². The molecule has 4 nitrogen and oxygen atoms in total. The Balaban J connectivity index is 2.66. The second-order valence-corrected chi connectivity index (χ2v) is 3.70. The highest BCUT2D eigenvalue weighted by molar-refractivity contribution is 6.35. The number of esters is 1. The molecule has 0 fully saturated rings. The largest absolute Gasteiger partial charge is 0.465 e. The molecule has 0 atom stereocenters. The number of carbonyl (C=O) groups is 1. The molecule has 2 aromatic rings. The van der Waals surface area contributed by atoms with Crippen molar-refractivity contribution in [2.45, 2.75) is 0 Å². The summed E-state index contributed by atoms with van der Waals surface area (Å²) in [6.07, 6.45) is 0. The summed E-state index contributed by atoms with van der Waals surface area (Å²) in [5.74, 6) is -0.437. The Morgan fingerprint density at radius 1 is 1.31 bits per heavy atom. The lowest BCUT2D eigenvalue weighted by atomic mass is 10.1. The van der Waals surface area contributed by atoms with E-state index in [0.717, 1.165) is 0 Å². The molecule has 0 aliphatic rings. The van der Waals surface area contributed by atoms with Crippen molar-refractivity contribution < 1.29 is 9.53 Å². The van der Waals surface area contributed by atoms with Crippen LogP contribution in [0, 0.1) is 0 Å². The van der Waals surface area contributed by atoms with Gasteiger partial charge in [-0.25, -0.2) is 14.8 Å². The second-order valence-electron chi connectivity index (χ2n) is 3.01. The van der Waals surface area contributed by atoms with E-state index in [1.165, 1.54) is 7.11 Å². The molecule has 0 amide bonds. The van der Waals surface area contributed by atoms with Gasteiger partial charge >= 0.3 is 5.97 Å². The fourth-order valence-corrected chi connectivity index (χ4v) is 1.76.